The van der Waals surface area contributed by atoms with Gasteiger partial charge in [-0.1, -0.05) is 6.07 Å². The number of nitrogens with zero attached hydrogens (tertiary/aromatic N) is 3. The van der Waals surface area contributed by atoms with Crippen LogP contribution in [-0.4, -0.2) is 52.9 Å². The van der Waals surface area contributed by atoms with Gasteiger partial charge in [0.15, 0.2) is 0 Å². The van der Waals surface area contributed by atoms with Gasteiger partial charge in [-0.2, -0.15) is 0 Å². The van der Waals surface area contributed by atoms with Gasteiger partial charge in [-0.15, -0.1) is 0 Å². The summed E-state index contributed by atoms with van der Waals surface area (Å²) in [6.07, 6.45) is 1.74. The van der Waals surface area contributed by atoms with Crippen LogP contribution in [0.25, 0.3) is 0 Å². The number of nitrogens with one attached hydrogen (secondary N) is 1. The first-order chi connectivity index (χ1) is 9.76. The number of rotatable bonds is 4. The molecule has 20 heavy (non-hydrogen) atoms. The van der Waals surface area contributed by atoms with Crippen molar-refractivity contribution >= 4 is 11.7 Å². The van der Waals surface area contributed by atoms with E-state index in [1.165, 1.54) is 0 Å². The van der Waals surface area contributed by atoms with Crippen LogP contribution in [0.2, 0.25) is 0 Å². The Bertz CT molecular complexity index is 491. The third-order valence-electron chi connectivity index (χ3n) is 4.13. The van der Waals surface area contributed by atoms with E-state index in [0.717, 1.165) is 57.1 Å². The molecule has 2 aliphatic heterocycles. The highest BCUT2D eigenvalue weighted by Crippen LogP contribution is 2.23. The lowest BCUT2D eigenvalue weighted by Gasteiger charge is -2.37. The Morgan fingerprint density at radius 1 is 1.40 bits per heavy atom. The zero-order chi connectivity index (χ0) is 13.9. The average molecular weight is 274 g/mol. The van der Waals surface area contributed by atoms with Crippen molar-refractivity contribution in [3.8, 4) is 0 Å². The maximum atomic E-state index is 11.7. The van der Waals surface area contributed by atoms with Crippen molar-refractivity contribution in [2.24, 2.45) is 0 Å². The summed E-state index contributed by atoms with van der Waals surface area (Å²) in [5, 5.41) is 3.25. The fraction of sp³-hybridized carbons (Fsp3) is 0.600. The summed E-state index contributed by atoms with van der Waals surface area (Å²) in [5.41, 5.74) is 1.10. The van der Waals surface area contributed by atoms with Gasteiger partial charge in [0.1, 0.15) is 5.82 Å². The first-order valence-corrected chi connectivity index (χ1v) is 7.48. The van der Waals surface area contributed by atoms with Gasteiger partial charge >= 0.3 is 0 Å². The molecule has 1 atom stereocenters. The van der Waals surface area contributed by atoms with E-state index in [0.29, 0.717) is 11.9 Å². The summed E-state index contributed by atoms with van der Waals surface area (Å²) in [6, 6.07) is 6.55. The molecule has 5 nitrogen and oxygen atoms in total. The van der Waals surface area contributed by atoms with Gasteiger partial charge in [0, 0.05) is 45.2 Å². The van der Waals surface area contributed by atoms with Gasteiger partial charge in [0.05, 0.1) is 5.69 Å². The molecule has 0 spiro atoms. The molecular formula is C15H22N4O. The molecule has 0 aromatic carbocycles. The summed E-state index contributed by atoms with van der Waals surface area (Å²) < 4.78 is 0. The van der Waals surface area contributed by atoms with Gasteiger partial charge in [-0.3, -0.25) is 9.69 Å². The molecule has 0 bridgehead atoms. The molecule has 3 heterocycles. The average Bonchev–Trinajstić information content (AvgIpc) is 2.81. The molecule has 2 aliphatic rings. The standard InChI is InChI=1S/C15H22N4O/c1-2-16-14-5-3-4-12(17-14)10-18-8-9-19-13(11-18)6-7-15(19)20/h3-5,13H,2,6-11H2,1H3,(H,16,17). The molecule has 1 N–H and O–H groups in total. The van der Waals surface area contributed by atoms with E-state index in [4.69, 9.17) is 0 Å². The predicted octanol–water partition coefficient (Wildman–Crippen LogP) is 1.32. The number of fused-ring (bicyclic) bond motifs is 1. The van der Waals surface area contributed by atoms with Crippen molar-refractivity contribution in [1.29, 1.82) is 0 Å². The Hall–Kier alpha value is -1.62. The van der Waals surface area contributed by atoms with Crippen LogP contribution in [-0.2, 0) is 11.3 Å². The largest absolute Gasteiger partial charge is 0.370 e. The highest BCUT2D eigenvalue weighted by Gasteiger charge is 2.35. The van der Waals surface area contributed by atoms with E-state index in [2.05, 4.69) is 39.2 Å². The minimum Gasteiger partial charge on any atom is -0.370 e. The summed E-state index contributed by atoms with van der Waals surface area (Å²) in [4.78, 5) is 20.8. The summed E-state index contributed by atoms with van der Waals surface area (Å²) >= 11 is 0. The number of aromatic nitrogens is 1. The molecule has 5 heteroatoms. The highest BCUT2D eigenvalue weighted by molar-refractivity contribution is 5.78. The Balaban J connectivity index is 1.61. The van der Waals surface area contributed by atoms with Crippen LogP contribution in [0.3, 0.4) is 0 Å². The zero-order valence-corrected chi connectivity index (χ0v) is 12.0. The van der Waals surface area contributed by atoms with Gasteiger partial charge in [-0.05, 0) is 25.5 Å². The molecule has 1 aromatic rings. The summed E-state index contributed by atoms with van der Waals surface area (Å²) in [7, 11) is 0. The van der Waals surface area contributed by atoms with E-state index in [-0.39, 0.29) is 0 Å². The Morgan fingerprint density at radius 2 is 2.30 bits per heavy atom. The minimum absolute atomic E-state index is 0.335. The number of carbonyl (C=O) groups is 1. The van der Waals surface area contributed by atoms with Crippen molar-refractivity contribution in [3.63, 3.8) is 0 Å². The topological polar surface area (TPSA) is 48.5 Å². The third kappa shape index (κ3) is 2.77. The van der Waals surface area contributed by atoms with E-state index < -0.39 is 0 Å². The van der Waals surface area contributed by atoms with Crippen molar-refractivity contribution in [2.75, 3.05) is 31.5 Å². The molecular weight excluding hydrogens is 252 g/mol. The van der Waals surface area contributed by atoms with Crippen LogP contribution in [0, 0.1) is 0 Å². The molecule has 2 fully saturated rings. The maximum Gasteiger partial charge on any atom is 0.222 e. The molecule has 1 aromatic heterocycles. The zero-order valence-electron chi connectivity index (χ0n) is 12.0. The second-order valence-corrected chi connectivity index (χ2v) is 5.56. The summed E-state index contributed by atoms with van der Waals surface area (Å²) in [6.45, 7) is 6.65. The van der Waals surface area contributed by atoms with Crippen LogP contribution in [0.5, 0.6) is 0 Å². The van der Waals surface area contributed by atoms with Crippen molar-refractivity contribution in [1.82, 2.24) is 14.8 Å². The second kappa shape index (κ2) is 5.79. The summed E-state index contributed by atoms with van der Waals surface area (Å²) in [5.74, 6) is 1.28. The van der Waals surface area contributed by atoms with Crippen molar-refractivity contribution in [2.45, 2.75) is 32.4 Å². The highest BCUT2D eigenvalue weighted by atomic mass is 16.2. The lowest BCUT2D eigenvalue weighted by atomic mass is 10.1. The SMILES string of the molecule is CCNc1cccc(CN2CCN3C(=O)CCC3C2)n1. The van der Waals surface area contributed by atoms with Crippen LogP contribution < -0.4 is 5.32 Å². The number of piperazine rings is 1. The van der Waals surface area contributed by atoms with Crippen molar-refractivity contribution in [3.05, 3.63) is 23.9 Å². The minimum atomic E-state index is 0.335. The van der Waals surface area contributed by atoms with Gasteiger partial charge < -0.3 is 10.2 Å². The molecule has 108 valence electrons. The molecule has 1 amide bonds. The number of hydrogen-bond acceptors (Lipinski definition) is 4. The number of anilines is 1. The van der Waals surface area contributed by atoms with E-state index >= 15 is 0 Å². The Morgan fingerprint density at radius 3 is 3.15 bits per heavy atom. The fourth-order valence-corrected chi connectivity index (χ4v) is 3.15. The number of hydrogen-bond donors (Lipinski definition) is 1. The number of pyridine rings is 1. The molecule has 0 saturated carbocycles. The number of amides is 1. The van der Waals surface area contributed by atoms with E-state index in [1.807, 2.05) is 6.07 Å². The molecule has 1 unspecified atom stereocenters. The lowest BCUT2D eigenvalue weighted by molar-refractivity contribution is -0.130. The van der Waals surface area contributed by atoms with Crippen LogP contribution in [0.1, 0.15) is 25.5 Å². The second-order valence-electron chi connectivity index (χ2n) is 5.56. The Labute approximate surface area is 120 Å². The first-order valence-electron chi connectivity index (χ1n) is 7.48. The first kappa shape index (κ1) is 13.4. The van der Waals surface area contributed by atoms with E-state index in [9.17, 15) is 4.79 Å². The monoisotopic (exact) mass is 274 g/mol. The Kier molecular flexibility index (Phi) is 3.87. The maximum absolute atomic E-state index is 11.7. The third-order valence-corrected chi connectivity index (χ3v) is 4.13. The lowest BCUT2D eigenvalue weighted by Crippen LogP contribution is -2.51. The smallest absolute Gasteiger partial charge is 0.222 e. The van der Waals surface area contributed by atoms with Gasteiger partial charge in [0.25, 0.3) is 0 Å². The fourth-order valence-electron chi connectivity index (χ4n) is 3.15. The quantitative estimate of drug-likeness (QED) is 0.899. The number of carbonyl (C=O) groups excluding carboxylic acids is 1. The molecule has 0 aliphatic carbocycles. The van der Waals surface area contributed by atoms with Crippen LogP contribution >= 0.6 is 0 Å². The van der Waals surface area contributed by atoms with Crippen molar-refractivity contribution < 1.29 is 4.79 Å². The molecule has 3 rings (SSSR count). The van der Waals surface area contributed by atoms with E-state index in [1.54, 1.807) is 0 Å². The predicted molar refractivity (Wildman–Crippen MR) is 78.4 cm³/mol. The van der Waals surface area contributed by atoms with Gasteiger partial charge in [-0.25, -0.2) is 4.98 Å². The van der Waals surface area contributed by atoms with Crippen LogP contribution in [0.15, 0.2) is 18.2 Å². The normalized spacial score (nSPS) is 22.9. The van der Waals surface area contributed by atoms with Crippen LogP contribution in [0.4, 0.5) is 5.82 Å². The van der Waals surface area contributed by atoms with Gasteiger partial charge in [0.2, 0.25) is 5.91 Å². The molecule has 2 saturated heterocycles. The molecule has 0 radical (unpaired) electrons.